The van der Waals surface area contributed by atoms with Crippen molar-refractivity contribution in [2.45, 2.75) is 39.7 Å². The number of hydrogen-bond donors (Lipinski definition) is 1. The molecule has 1 N–H and O–H groups in total. The number of fused-ring (bicyclic) bond motifs is 1. The predicted octanol–water partition coefficient (Wildman–Crippen LogP) is 2.48. The number of nitrogens with zero attached hydrogens (tertiary/aromatic N) is 4. The number of esters is 1. The van der Waals surface area contributed by atoms with Crippen molar-refractivity contribution in [2.24, 2.45) is 0 Å². The van der Waals surface area contributed by atoms with Gasteiger partial charge in [-0.1, -0.05) is 13.0 Å². The zero-order valence-corrected chi connectivity index (χ0v) is 14.1. The molecule has 7 heteroatoms. The standard InChI is InChI=1S/C17H21N5O2/c1-4-7-13-20-17-19-11(3)14(16(23)24-5-2)15(22(17)21-13)12-8-6-9-18-10-12/h6,8-10,15H,4-5,7H2,1-3H3,(H,19,20,21)/t15-/m0/s1. The zero-order valence-electron chi connectivity index (χ0n) is 14.1. The van der Waals surface area contributed by atoms with Crippen molar-refractivity contribution in [3.05, 3.63) is 47.2 Å². The van der Waals surface area contributed by atoms with Crippen LogP contribution in [0.15, 0.2) is 35.8 Å². The minimum Gasteiger partial charge on any atom is -0.463 e. The number of allylic oxidation sites excluding steroid dienone is 1. The highest BCUT2D eigenvalue weighted by Gasteiger charge is 2.35. The molecule has 0 aromatic carbocycles. The lowest BCUT2D eigenvalue weighted by Gasteiger charge is -2.27. The Morgan fingerprint density at radius 3 is 2.92 bits per heavy atom. The van der Waals surface area contributed by atoms with Gasteiger partial charge < -0.3 is 10.1 Å². The van der Waals surface area contributed by atoms with E-state index < -0.39 is 6.04 Å². The van der Waals surface area contributed by atoms with Gasteiger partial charge in [-0.3, -0.25) is 4.98 Å². The molecular formula is C17H21N5O2. The predicted molar refractivity (Wildman–Crippen MR) is 89.3 cm³/mol. The number of carbonyl (C=O) groups is 1. The number of nitrogens with one attached hydrogen (secondary N) is 1. The Kier molecular flexibility index (Phi) is 4.59. The fraction of sp³-hybridized carbons (Fsp3) is 0.412. The van der Waals surface area contributed by atoms with E-state index in [0.717, 1.165) is 29.9 Å². The van der Waals surface area contributed by atoms with Crippen LogP contribution in [0.5, 0.6) is 0 Å². The molecule has 1 atom stereocenters. The first-order chi connectivity index (χ1) is 11.7. The SMILES string of the molecule is CCCc1nc2n(n1)[C@@H](c1cccnc1)C(C(=O)OCC)=C(C)N2. The number of aryl methyl sites for hydroxylation is 1. The van der Waals surface area contributed by atoms with Crippen LogP contribution in [0, 0.1) is 0 Å². The molecule has 7 nitrogen and oxygen atoms in total. The van der Waals surface area contributed by atoms with Gasteiger partial charge in [0.1, 0.15) is 6.04 Å². The van der Waals surface area contributed by atoms with Crippen molar-refractivity contribution < 1.29 is 9.53 Å². The van der Waals surface area contributed by atoms with Crippen LogP contribution in [0.1, 0.15) is 44.6 Å². The van der Waals surface area contributed by atoms with Gasteiger partial charge in [-0.2, -0.15) is 10.1 Å². The van der Waals surface area contributed by atoms with Gasteiger partial charge in [0, 0.05) is 24.5 Å². The van der Waals surface area contributed by atoms with Crippen molar-refractivity contribution in [1.29, 1.82) is 0 Å². The maximum absolute atomic E-state index is 12.5. The zero-order chi connectivity index (χ0) is 17.1. The minimum atomic E-state index is -0.396. The number of hydrogen-bond acceptors (Lipinski definition) is 6. The quantitative estimate of drug-likeness (QED) is 0.850. The summed E-state index contributed by atoms with van der Waals surface area (Å²) < 4.78 is 7.01. The van der Waals surface area contributed by atoms with Gasteiger partial charge in [0.05, 0.1) is 12.2 Å². The second kappa shape index (κ2) is 6.82. The molecule has 0 radical (unpaired) electrons. The van der Waals surface area contributed by atoms with E-state index in [1.165, 1.54) is 0 Å². The maximum Gasteiger partial charge on any atom is 0.338 e. The largest absolute Gasteiger partial charge is 0.463 e. The van der Waals surface area contributed by atoms with E-state index in [9.17, 15) is 4.79 Å². The smallest absolute Gasteiger partial charge is 0.338 e. The fourth-order valence-electron chi connectivity index (χ4n) is 2.84. The third-order valence-corrected chi connectivity index (χ3v) is 3.87. The van der Waals surface area contributed by atoms with Gasteiger partial charge in [-0.05, 0) is 31.9 Å². The Balaban J connectivity index is 2.12. The molecule has 0 bridgehead atoms. The Hall–Kier alpha value is -2.70. The number of carbonyl (C=O) groups excluding carboxylic acids is 1. The summed E-state index contributed by atoms with van der Waals surface area (Å²) in [6.45, 7) is 6.05. The molecule has 0 aliphatic carbocycles. The summed E-state index contributed by atoms with van der Waals surface area (Å²) in [7, 11) is 0. The lowest BCUT2D eigenvalue weighted by molar-refractivity contribution is -0.139. The van der Waals surface area contributed by atoms with Gasteiger partial charge in [0.15, 0.2) is 5.82 Å². The number of rotatable bonds is 5. The highest BCUT2D eigenvalue weighted by atomic mass is 16.5. The average Bonchev–Trinajstić information content (AvgIpc) is 2.96. The molecular weight excluding hydrogens is 306 g/mol. The minimum absolute atomic E-state index is 0.320. The maximum atomic E-state index is 12.5. The van der Waals surface area contributed by atoms with E-state index in [1.54, 1.807) is 24.0 Å². The van der Waals surface area contributed by atoms with E-state index in [4.69, 9.17) is 4.74 Å². The Bertz CT molecular complexity index is 767. The highest BCUT2D eigenvalue weighted by molar-refractivity contribution is 5.92. The van der Waals surface area contributed by atoms with Gasteiger partial charge in [-0.15, -0.1) is 0 Å². The normalized spacial score (nSPS) is 16.5. The van der Waals surface area contributed by atoms with Gasteiger partial charge in [0.2, 0.25) is 5.95 Å². The first-order valence-electron chi connectivity index (χ1n) is 8.16. The fourth-order valence-corrected chi connectivity index (χ4v) is 2.84. The van der Waals surface area contributed by atoms with Crippen LogP contribution in [-0.2, 0) is 16.0 Å². The van der Waals surface area contributed by atoms with Crippen LogP contribution >= 0.6 is 0 Å². The van der Waals surface area contributed by atoms with Crippen LogP contribution < -0.4 is 5.32 Å². The molecule has 0 unspecified atom stereocenters. The number of ether oxygens (including phenoxy) is 1. The molecule has 0 fully saturated rings. The first kappa shape index (κ1) is 16.2. The number of anilines is 1. The van der Waals surface area contributed by atoms with Crippen molar-refractivity contribution in [2.75, 3.05) is 11.9 Å². The van der Waals surface area contributed by atoms with Gasteiger partial charge in [0.25, 0.3) is 0 Å². The van der Waals surface area contributed by atoms with Crippen molar-refractivity contribution in [1.82, 2.24) is 19.7 Å². The molecule has 3 heterocycles. The second-order valence-corrected chi connectivity index (χ2v) is 5.62. The summed E-state index contributed by atoms with van der Waals surface area (Å²) in [5.41, 5.74) is 2.13. The summed E-state index contributed by atoms with van der Waals surface area (Å²) in [5, 5.41) is 7.77. The molecule has 0 saturated carbocycles. The first-order valence-corrected chi connectivity index (χ1v) is 8.16. The average molecular weight is 327 g/mol. The van der Waals surface area contributed by atoms with E-state index in [1.807, 2.05) is 19.1 Å². The van der Waals surface area contributed by atoms with Crippen molar-refractivity contribution >= 4 is 11.9 Å². The summed E-state index contributed by atoms with van der Waals surface area (Å²) in [5.74, 6) is 1.04. The van der Waals surface area contributed by atoms with E-state index in [-0.39, 0.29) is 5.97 Å². The summed E-state index contributed by atoms with van der Waals surface area (Å²) in [6, 6.07) is 3.38. The van der Waals surface area contributed by atoms with E-state index >= 15 is 0 Å². The highest BCUT2D eigenvalue weighted by Crippen LogP contribution is 2.35. The summed E-state index contributed by atoms with van der Waals surface area (Å²) >= 11 is 0. The van der Waals surface area contributed by atoms with Crippen LogP contribution in [0.25, 0.3) is 0 Å². The van der Waals surface area contributed by atoms with Crippen LogP contribution in [0.3, 0.4) is 0 Å². The molecule has 3 rings (SSSR count). The van der Waals surface area contributed by atoms with Crippen molar-refractivity contribution in [3.63, 3.8) is 0 Å². The second-order valence-electron chi connectivity index (χ2n) is 5.62. The molecule has 126 valence electrons. The van der Waals surface area contributed by atoms with Gasteiger partial charge in [-0.25, -0.2) is 9.48 Å². The molecule has 1 aliphatic heterocycles. The number of aromatic nitrogens is 4. The topological polar surface area (TPSA) is 81.9 Å². The number of pyridine rings is 1. The molecule has 0 saturated heterocycles. The lowest BCUT2D eigenvalue weighted by Crippen LogP contribution is -2.29. The Labute approximate surface area is 140 Å². The Morgan fingerprint density at radius 2 is 2.25 bits per heavy atom. The molecule has 0 spiro atoms. The van der Waals surface area contributed by atoms with E-state index in [2.05, 4.69) is 27.3 Å². The molecule has 0 amide bonds. The van der Waals surface area contributed by atoms with Crippen LogP contribution in [0.4, 0.5) is 5.95 Å². The third-order valence-electron chi connectivity index (χ3n) is 3.87. The molecule has 2 aromatic heterocycles. The summed E-state index contributed by atoms with van der Waals surface area (Å²) in [6.07, 6.45) is 5.19. The van der Waals surface area contributed by atoms with Gasteiger partial charge >= 0.3 is 5.97 Å². The van der Waals surface area contributed by atoms with Crippen LogP contribution in [0.2, 0.25) is 0 Å². The molecule has 1 aliphatic rings. The third kappa shape index (κ3) is 2.89. The molecule has 2 aromatic rings. The van der Waals surface area contributed by atoms with E-state index in [0.29, 0.717) is 18.1 Å². The monoisotopic (exact) mass is 327 g/mol. The molecule has 24 heavy (non-hydrogen) atoms. The van der Waals surface area contributed by atoms with Crippen molar-refractivity contribution in [3.8, 4) is 0 Å². The lowest BCUT2D eigenvalue weighted by atomic mass is 9.97. The Morgan fingerprint density at radius 1 is 1.42 bits per heavy atom. The summed E-state index contributed by atoms with van der Waals surface area (Å²) in [4.78, 5) is 21.3. The van der Waals surface area contributed by atoms with Crippen LogP contribution in [-0.4, -0.2) is 32.3 Å².